The first-order valence-corrected chi connectivity index (χ1v) is 6.95. The molecule has 1 saturated heterocycles. The van der Waals surface area contributed by atoms with Crippen LogP contribution in [0.25, 0.3) is 0 Å². The van der Waals surface area contributed by atoms with Gasteiger partial charge in [-0.15, -0.1) is 0 Å². The highest BCUT2D eigenvalue weighted by Crippen LogP contribution is 2.29. The second-order valence-electron chi connectivity index (χ2n) is 5.38. The zero-order valence-electron chi connectivity index (χ0n) is 12.0. The van der Waals surface area contributed by atoms with Crippen LogP contribution < -0.4 is 5.32 Å². The lowest BCUT2D eigenvalue weighted by molar-refractivity contribution is -0.131. The van der Waals surface area contributed by atoms with Gasteiger partial charge < -0.3 is 4.90 Å². The number of rotatable bonds is 4. The average Bonchev–Trinajstić information content (AvgIpc) is 2.82. The monoisotopic (exact) mass is 282 g/mol. The molecule has 1 aromatic rings. The lowest BCUT2D eigenvalue weighted by Gasteiger charge is -2.34. The van der Waals surface area contributed by atoms with Crippen molar-refractivity contribution in [2.75, 3.05) is 6.54 Å². The first-order valence-electron chi connectivity index (χ1n) is 6.95. The van der Waals surface area contributed by atoms with E-state index in [1.165, 1.54) is 6.07 Å². The molecule has 1 heterocycles. The third-order valence-corrected chi connectivity index (χ3v) is 4.18. The van der Waals surface area contributed by atoms with Gasteiger partial charge in [0.15, 0.2) is 11.6 Å². The van der Waals surface area contributed by atoms with Crippen molar-refractivity contribution in [1.29, 1.82) is 0 Å². The summed E-state index contributed by atoms with van der Waals surface area (Å²) in [5.41, 5.74) is 0.574. The third-order valence-electron chi connectivity index (χ3n) is 4.18. The Balaban J connectivity index is 2.29. The number of hydrogen-bond acceptors (Lipinski definition) is 2. The van der Waals surface area contributed by atoms with Gasteiger partial charge in [-0.3, -0.25) is 10.1 Å². The summed E-state index contributed by atoms with van der Waals surface area (Å²) in [5.74, 6) is -1.43. The number of nitrogens with one attached hydrogen (secondary N) is 1. The molecule has 0 radical (unpaired) electrons. The summed E-state index contributed by atoms with van der Waals surface area (Å²) in [4.78, 5) is 13.8. The molecular formula is C15H20F2N2O. The molecule has 3 atom stereocenters. The summed E-state index contributed by atoms with van der Waals surface area (Å²) < 4.78 is 26.4. The van der Waals surface area contributed by atoms with E-state index in [4.69, 9.17) is 0 Å². The molecule has 0 spiro atoms. The van der Waals surface area contributed by atoms with Crippen LogP contribution in [-0.4, -0.2) is 23.4 Å². The first kappa shape index (κ1) is 14.9. The van der Waals surface area contributed by atoms with Crippen LogP contribution >= 0.6 is 0 Å². The summed E-state index contributed by atoms with van der Waals surface area (Å²) >= 11 is 0. The predicted octanol–water partition coefficient (Wildman–Crippen LogP) is 2.83. The quantitative estimate of drug-likeness (QED) is 0.921. The number of benzene rings is 1. The van der Waals surface area contributed by atoms with Gasteiger partial charge in [-0.1, -0.05) is 26.3 Å². The van der Waals surface area contributed by atoms with Gasteiger partial charge in [0.05, 0.1) is 6.54 Å². The molecule has 1 fully saturated rings. The largest absolute Gasteiger partial charge is 0.319 e. The molecule has 1 amide bonds. The second kappa shape index (κ2) is 5.87. The molecule has 0 aromatic heterocycles. The zero-order valence-corrected chi connectivity index (χ0v) is 12.0. The van der Waals surface area contributed by atoms with E-state index < -0.39 is 11.6 Å². The van der Waals surface area contributed by atoms with E-state index in [-0.39, 0.29) is 24.7 Å². The number of carbonyl (C=O) groups is 1. The van der Waals surface area contributed by atoms with Gasteiger partial charge in [-0.25, -0.2) is 8.78 Å². The SMILES string of the molecule is CCC(C)C(C)N1C(=O)CNC1c1ccc(F)c(F)c1. The van der Waals surface area contributed by atoms with Crippen molar-refractivity contribution in [3.05, 3.63) is 35.4 Å². The molecule has 1 aliphatic heterocycles. The summed E-state index contributed by atoms with van der Waals surface area (Å²) in [6, 6.07) is 3.81. The van der Waals surface area contributed by atoms with Crippen LogP contribution in [0.4, 0.5) is 8.78 Å². The number of halogens is 2. The number of carbonyl (C=O) groups excluding carboxylic acids is 1. The Kier molecular flexibility index (Phi) is 4.38. The van der Waals surface area contributed by atoms with Crippen molar-refractivity contribution in [2.45, 2.75) is 39.4 Å². The van der Waals surface area contributed by atoms with E-state index in [0.717, 1.165) is 18.6 Å². The topological polar surface area (TPSA) is 32.3 Å². The molecule has 0 aliphatic carbocycles. The van der Waals surface area contributed by atoms with Crippen LogP contribution in [0.3, 0.4) is 0 Å². The highest BCUT2D eigenvalue weighted by atomic mass is 19.2. The Labute approximate surface area is 118 Å². The van der Waals surface area contributed by atoms with Gasteiger partial charge in [0.1, 0.15) is 6.17 Å². The van der Waals surface area contributed by atoms with Crippen LogP contribution in [0.15, 0.2) is 18.2 Å². The highest BCUT2D eigenvalue weighted by molar-refractivity contribution is 5.81. The summed E-state index contributed by atoms with van der Waals surface area (Å²) in [6.45, 7) is 6.37. The van der Waals surface area contributed by atoms with Crippen LogP contribution in [0, 0.1) is 17.6 Å². The van der Waals surface area contributed by atoms with Crippen LogP contribution in [0.1, 0.15) is 38.9 Å². The van der Waals surface area contributed by atoms with Crippen molar-refractivity contribution in [3.63, 3.8) is 0 Å². The average molecular weight is 282 g/mol. The number of amides is 1. The van der Waals surface area contributed by atoms with Crippen molar-refractivity contribution < 1.29 is 13.6 Å². The first-order chi connectivity index (χ1) is 9.45. The summed E-state index contributed by atoms with van der Waals surface area (Å²) in [7, 11) is 0. The molecule has 3 unspecified atom stereocenters. The minimum absolute atomic E-state index is 0.00691. The van der Waals surface area contributed by atoms with E-state index >= 15 is 0 Å². The molecule has 5 heteroatoms. The highest BCUT2D eigenvalue weighted by Gasteiger charge is 2.36. The molecule has 1 aromatic carbocycles. The van der Waals surface area contributed by atoms with E-state index in [1.54, 1.807) is 4.90 Å². The normalized spacial score (nSPS) is 22.1. The molecule has 1 aliphatic rings. The third kappa shape index (κ3) is 2.68. The maximum Gasteiger partial charge on any atom is 0.238 e. The number of hydrogen-bond donors (Lipinski definition) is 1. The summed E-state index contributed by atoms with van der Waals surface area (Å²) in [5, 5.41) is 3.07. The Morgan fingerprint density at radius 2 is 2.05 bits per heavy atom. The Bertz CT molecular complexity index is 507. The molecule has 20 heavy (non-hydrogen) atoms. The molecule has 1 N–H and O–H groups in total. The van der Waals surface area contributed by atoms with Crippen molar-refractivity contribution in [3.8, 4) is 0 Å². The predicted molar refractivity (Wildman–Crippen MR) is 72.9 cm³/mol. The van der Waals surface area contributed by atoms with Gasteiger partial charge in [0.25, 0.3) is 0 Å². The lowest BCUT2D eigenvalue weighted by Crippen LogP contribution is -2.41. The smallest absolute Gasteiger partial charge is 0.238 e. The van der Waals surface area contributed by atoms with Gasteiger partial charge in [-0.05, 0) is 30.5 Å². The zero-order chi connectivity index (χ0) is 14.9. The van der Waals surface area contributed by atoms with Crippen LogP contribution in [-0.2, 0) is 4.79 Å². The van der Waals surface area contributed by atoms with Crippen molar-refractivity contribution in [1.82, 2.24) is 10.2 Å². The van der Waals surface area contributed by atoms with Crippen LogP contribution in [0.5, 0.6) is 0 Å². The molecule has 2 rings (SSSR count). The fraction of sp³-hybridized carbons (Fsp3) is 0.533. The fourth-order valence-corrected chi connectivity index (χ4v) is 2.56. The summed E-state index contributed by atoms with van der Waals surface area (Å²) in [6.07, 6.45) is 0.566. The van der Waals surface area contributed by atoms with Crippen molar-refractivity contribution in [2.24, 2.45) is 5.92 Å². The van der Waals surface area contributed by atoms with E-state index in [2.05, 4.69) is 19.2 Å². The molecule has 0 saturated carbocycles. The minimum Gasteiger partial charge on any atom is -0.319 e. The number of nitrogens with zero attached hydrogens (tertiary/aromatic N) is 1. The lowest BCUT2D eigenvalue weighted by atomic mass is 9.98. The Morgan fingerprint density at radius 1 is 1.35 bits per heavy atom. The Morgan fingerprint density at radius 3 is 2.65 bits per heavy atom. The van der Waals surface area contributed by atoms with Gasteiger partial charge >= 0.3 is 0 Å². The van der Waals surface area contributed by atoms with Crippen LogP contribution in [0.2, 0.25) is 0 Å². The molecular weight excluding hydrogens is 262 g/mol. The maximum atomic E-state index is 13.4. The van der Waals surface area contributed by atoms with Crippen molar-refractivity contribution >= 4 is 5.91 Å². The van der Waals surface area contributed by atoms with Gasteiger partial charge in [0, 0.05) is 6.04 Å². The van der Waals surface area contributed by atoms with E-state index in [9.17, 15) is 13.6 Å². The van der Waals surface area contributed by atoms with E-state index in [1.807, 2.05) is 6.92 Å². The standard InChI is InChI=1S/C15H20F2N2O/c1-4-9(2)10(3)19-14(20)8-18-15(19)11-5-6-12(16)13(17)7-11/h5-7,9-10,15,18H,4,8H2,1-3H3. The van der Waals surface area contributed by atoms with Gasteiger partial charge in [0.2, 0.25) is 5.91 Å². The second-order valence-corrected chi connectivity index (χ2v) is 5.38. The maximum absolute atomic E-state index is 13.4. The minimum atomic E-state index is -0.889. The molecule has 0 bridgehead atoms. The molecule has 110 valence electrons. The van der Waals surface area contributed by atoms with E-state index in [0.29, 0.717) is 11.5 Å². The fourth-order valence-electron chi connectivity index (χ4n) is 2.56. The molecule has 3 nitrogen and oxygen atoms in total. The van der Waals surface area contributed by atoms with Gasteiger partial charge in [-0.2, -0.15) is 0 Å². The Hall–Kier alpha value is -1.49.